The van der Waals surface area contributed by atoms with Crippen LogP contribution in [0.5, 0.6) is 0 Å². The molecule has 0 amide bonds. The van der Waals surface area contributed by atoms with Crippen LogP contribution in [-0.2, 0) is 7.05 Å². The fourth-order valence-electron chi connectivity index (χ4n) is 1.30. The van der Waals surface area contributed by atoms with Crippen LogP contribution in [0.4, 0.5) is 0 Å². The Morgan fingerprint density at radius 3 is 2.60 bits per heavy atom. The van der Waals surface area contributed by atoms with E-state index in [1.807, 2.05) is 32.1 Å². The molecule has 78 valence electrons. The number of aromatic nitrogens is 1. The minimum absolute atomic E-state index is 0.0297. The predicted molar refractivity (Wildman–Crippen MR) is 63.9 cm³/mol. The Kier molecular flexibility index (Phi) is 3.90. The second-order valence-electron chi connectivity index (χ2n) is 2.93. The average molecular weight is 201 g/mol. The highest BCUT2D eigenvalue weighted by molar-refractivity contribution is 5.46. The summed E-state index contributed by atoms with van der Waals surface area (Å²) in [4.78, 5) is 11.6. The predicted octanol–water partition coefficient (Wildman–Crippen LogP) is 0.697. The molecule has 0 saturated heterocycles. The van der Waals surface area contributed by atoms with Crippen molar-refractivity contribution in [3.63, 3.8) is 0 Å². The van der Waals surface area contributed by atoms with E-state index in [2.05, 4.69) is 5.73 Å². The zero-order valence-electron chi connectivity index (χ0n) is 9.32. The summed E-state index contributed by atoms with van der Waals surface area (Å²) < 4.78 is 1.57. The monoisotopic (exact) mass is 201 g/mol. The quantitative estimate of drug-likeness (QED) is 0.566. The zero-order chi connectivity index (χ0) is 11.3. The van der Waals surface area contributed by atoms with Crippen LogP contribution in [0, 0.1) is 0 Å². The smallest absolute Gasteiger partial charge is 0.258 e. The Morgan fingerprint density at radius 1 is 1.20 bits per heavy atom. The molecule has 0 unspecified atom stereocenters. The van der Waals surface area contributed by atoms with Crippen LogP contribution < -0.4 is 16.0 Å². The summed E-state index contributed by atoms with van der Waals surface area (Å²) >= 11 is 0. The number of nitrogens with zero attached hydrogens (tertiary/aromatic N) is 1. The van der Waals surface area contributed by atoms with Crippen LogP contribution in [0.2, 0.25) is 0 Å². The van der Waals surface area contributed by atoms with Crippen molar-refractivity contribution >= 4 is 12.2 Å². The van der Waals surface area contributed by atoms with Gasteiger partial charge in [0.2, 0.25) is 0 Å². The SMILES string of the molecule is CC.Cn1ccc2c(c1=O)=CC=C=CC=2. The van der Waals surface area contributed by atoms with Gasteiger partial charge in [0.05, 0.1) is 0 Å². The highest BCUT2D eigenvalue weighted by Gasteiger charge is 1.93. The lowest BCUT2D eigenvalue weighted by atomic mass is 10.3. The average Bonchev–Trinajstić information content (AvgIpc) is 2.52. The first kappa shape index (κ1) is 11.3. The number of fused-ring (bicyclic) bond motifs is 1. The molecule has 0 aliphatic heterocycles. The molecule has 15 heavy (non-hydrogen) atoms. The number of rotatable bonds is 0. The second-order valence-corrected chi connectivity index (χ2v) is 2.93. The van der Waals surface area contributed by atoms with Crippen molar-refractivity contribution in [1.82, 2.24) is 4.57 Å². The van der Waals surface area contributed by atoms with Gasteiger partial charge in [0.15, 0.2) is 0 Å². The topological polar surface area (TPSA) is 22.0 Å². The molecule has 2 heteroatoms. The third-order valence-corrected chi connectivity index (χ3v) is 2.04. The minimum Gasteiger partial charge on any atom is -0.318 e. The van der Waals surface area contributed by atoms with E-state index in [4.69, 9.17) is 0 Å². The molecule has 0 atom stereocenters. The molecule has 1 heterocycles. The van der Waals surface area contributed by atoms with Gasteiger partial charge in [0.25, 0.3) is 5.56 Å². The summed E-state index contributed by atoms with van der Waals surface area (Å²) in [6, 6.07) is 1.92. The highest BCUT2D eigenvalue weighted by Crippen LogP contribution is 1.76. The maximum atomic E-state index is 11.6. The van der Waals surface area contributed by atoms with Gasteiger partial charge in [-0.05, 0) is 35.6 Å². The molecule has 1 aromatic heterocycles. The first-order valence-electron chi connectivity index (χ1n) is 5.08. The molecule has 1 aliphatic rings. The van der Waals surface area contributed by atoms with E-state index in [0.29, 0.717) is 0 Å². The maximum Gasteiger partial charge on any atom is 0.258 e. The van der Waals surface area contributed by atoms with Gasteiger partial charge in [0.1, 0.15) is 0 Å². The molecule has 0 spiro atoms. The molecule has 2 nitrogen and oxygen atoms in total. The summed E-state index contributed by atoms with van der Waals surface area (Å²) in [5.41, 5.74) is 2.96. The van der Waals surface area contributed by atoms with Gasteiger partial charge < -0.3 is 4.57 Å². The molecule has 1 aromatic rings. The number of hydrogen-bond acceptors (Lipinski definition) is 1. The van der Waals surface area contributed by atoms with Crippen LogP contribution >= 0.6 is 0 Å². The maximum absolute atomic E-state index is 11.6. The molecule has 0 N–H and O–H groups in total. The Balaban J connectivity index is 0.000000531. The molecular formula is C13H15NO. The van der Waals surface area contributed by atoms with E-state index >= 15 is 0 Å². The Labute approximate surface area is 89.2 Å². The number of allylic oxidation sites excluding steroid dienone is 1. The Bertz CT molecular complexity index is 570. The molecule has 0 aromatic carbocycles. The van der Waals surface area contributed by atoms with Crippen molar-refractivity contribution in [3.05, 3.63) is 50.9 Å². The van der Waals surface area contributed by atoms with Crippen molar-refractivity contribution in [2.75, 3.05) is 0 Å². The van der Waals surface area contributed by atoms with Crippen LogP contribution in [-0.4, -0.2) is 4.57 Å². The van der Waals surface area contributed by atoms with Crippen LogP contribution in [0.3, 0.4) is 0 Å². The third-order valence-electron chi connectivity index (χ3n) is 2.04. The number of hydrogen-bond donors (Lipinski definition) is 0. The largest absolute Gasteiger partial charge is 0.318 e. The van der Waals surface area contributed by atoms with Crippen LogP contribution in [0.25, 0.3) is 12.2 Å². The summed E-state index contributed by atoms with van der Waals surface area (Å²) in [6.07, 6.45) is 9.00. The highest BCUT2D eigenvalue weighted by atomic mass is 16.1. The third kappa shape index (κ3) is 2.36. The van der Waals surface area contributed by atoms with E-state index in [1.165, 1.54) is 0 Å². The first-order chi connectivity index (χ1) is 7.29. The lowest BCUT2D eigenvalue weighted by Gasteiger charge is -1.94. The summed E-state index contributed by atoms with van der Waals surface area (Å²) in [6.45, 7) is 4.00. The van der Waals surface area contributed by atoms with E-state index in [1.54, 1.807) is 30.0 Å². The standard InChI is InChI=1S/C11H9NO.C2H6/c1-12-8-7-9-5-3-2-4-6-10(9)11(12)13;1-2/h3-8H,1H3;1-2H3. The van der Waals surface area contributed by atoms with E-state index < -0.39 is 0 Å². The van der Waals surface area contributed by atoms with Gasteiger partial charge in [-0.15, -0.1) is 5.73 Å². The van der Waals surface area contributed by atoms with Gasteiger partial charge in [-0.3, -0.25) is 4.79 Å². The lowest BCUT2D eigenvalue weighted by Crippen LogP contribution is -2.43. The van der Waals surface area contributed by atoms with Crippen molar-refractivity contribution in [1.29, 1.82) is 0 Å². The van der Waals surface area contributed by atoms with Gasteiger partial charge in [-0.2, -0.15) is 0 Å². The molecule has 0 saturated carbocycles. The minimum atomic E-state index is 0.0297. The summed E-state index contributed by atoms with van der Waals surface area (Å²) in [7, 11) is 1.75. The molecule has 2 rings (SSSR count). The van der Waals surface area contributed by atoms with Gasteiger partial charge in [-0.25, -0.2) is 0 Å². The second kappa shape index (κ2) is 5.18. The normalized spacial score (nSPS) is 11.4. The van der Waals surface area contributed by atoms with Crippen LogP contribution in [0.1, 0.15) is 13.8 Å². The number of aryl methyl sites for hydroxylation is 1. The van der Waals surface area contributed by atoms with Crippen molar-refractivity contribution in [3.8, 4) is 0 Å². The summed E-state index contributed by atoms with van der Waals surface area (Å²) in [5, 5.41) is 1.68. The first-order valence-corrected chi connectivity index (χ1v) is 5.08. The van der Waals surface area contributed by atoms with Gasteiger partial charge >= 0.3 is 0 Å². The fraction of sp³-hybridized carbons (Fsp3) is 0.231. The van der Waals surface area contributed by atoms with Crippen molar-refractivity contribution in [2.45, 2.75) is 13.8 Å². The number of pyridine rings is 1. The Morgan fingerprint density at radius 2 is 1.87 bits per heavy atom. The molecule has 0 radical (unpaired) electrons. The van der Waals surface area contributed by atoms with E-state index in [0.717, 1.165) is 10.4 Å². The van der Waals surface area contributed by atoms with Crippen LogP contribution in [0.15, 0.2) is 34.9 Å². The Hall–Kier alpha value is -1.79. The van der Waals surface area contributed by atoms with Crippen molar-refractivity contribution in [2.24, 2.45) is 7.05 Å². The lowest BCUT2D eigenvalue weighted by molar-refractivity contribution is 0.847. The van der Waals surface area contributed by atoms with Crippen molar-refractivity contribution < 1.29 is 0 Å². The molecule has 1 aliphatic carbocycles. The molecular weight excluding hydrogens is 186 g/mol. The molecule has 0 fully saturated rings. The van der Waals surface area contributed by atoms with E-state index in [9.17, 15) is 4.79 Å². The zero-order valence-corrected chi connectivity index (χ0v) is 9.32. The van der Waals surface area contributed by atoms with Gasteiger partial charge in [0, 0.05) is 18.5 Å². The fourth-order valence-corrected chi connectivity index (χ4v) is 1.30. The summed E-state index contributed by atoms with van der Waals surface area (Å²) in [5.74, 6) is 0. The molecule has 0 bridgehead atoms. The van der Waals surface area contributed by atoms with E-state index in [-0.39, 0.29) is 5.56 Å². The van der Waals surface area contributed by atoms with Gasteiger partial charge in [-0.1, -0.05) is 13.8 Å².